The third-order valence-corrected chi connectivity index (χ3v) is 3.05. The second-order valence-electron chi connectivity index (χ2n) is 4.84. The van der Waals surface area contributed by atoms with Crippen LogP contribution in [0.15, 0.2) is 0 Å². The quantitative estimate of drug-likeness (QED) is 0.714. The van der Waals surface area contributed by atoms with Gasteiger partial charge in [0, 0.05) is 19.5 Å². The molecule has 13 heavy (non-hydrogen) atoms. The molecule has 1 heterocycles. The van der Waals surface area contributed by atoms with Crippen LogP contribution in [0.2, 0.25) is 0 Å². The molecule has 0 radical (unpaired) electrons. The molecular formula is C11H22N2. The number of nitrogens with zero attached hydrogens (tertiary/aromatic N) is 1. The molecule has 0 bridgehead atoms. The summed E-state index contributed by atoms with van der Waals surface area (Å²) in [6, 6.07) is 0. The minimum absolute atomic E-state index is 0.365. The predicted octanol–water partition coefficient (Wildman–Crippen LogP) is 2.89. The minimum Gasteiger partial charge on any atom is -0.360 e. The average molecular weight is 182 g/mol. The number of nitrogens with one attached hydrogen (secondary N) is 1. The monoisotopic (exact) mass is 182 g/mol. The summed E-state index contributed by atoms with van der Waals surface area (Å²) in [5, 5.41) is 7.83. The summed E-state index contributed by atoms with van der Waals surface area (Å²) in [5.74, 6) is 0.854. The van der Waals surface area contributed by atoms with Gasteiger partial charge in [0.2, 0.25) is 0 Å². The van der Waals surface area contributed by atoms with Gasteiger partial charge in [0.1, 0.15) is 0 Å². The highest BCUT2D eigenvalue weighted by Gasteiger charge is 2.22. The Morgan fingerprint density at radius 3 is 2.62 bits per heavy atom. The molecule has 76 valence electrons. The summed E-state index contributed by atoms with van der Waals surface area (Å²) < 4.78 is 0. The van der Waals surface area contributed by atoms with Crippen LogP contribution < -0.4 is 0 Å². The number of amidine groups is 1. The molecule has 2 nitrogen and oxygen atoms in total. The lowest BCUT2D eigenvalue weighted by Crippen LogP contribution is -2.41. The number of rotatable bonds is 3. The van der Waals surface area contributed by atoms with E-state index in [2.05, 4.69) is 25.7 Å². The maximum Gasteiger partial charge on any atom is 0.0957 e. The first-order valence-corrected chi connectivity index (χ1v) is 5.37. The molecule has 2 heteroatoms. The molecule has 0 amide bonds. The molecule has 1 N–H and O–H groups in total. The molecule has 0 aromatic carbocycles. The first-order chi connectivity index (χ1) is 6.05. The van der Waals surface area contributed by atoms with Crippen molar-refractivity contribution in [2.24, 2.45) is 5.41 Å². The summed E-state index contributed by atoms with van der Waals surface area (Å²) in [5.41, 5.74) is 0.365. The first kappa shape index (κ1) is 10.6. The maximum atomic E-state index is 7.83. The van der Waals surface area contributed by atoms with E-state index in [1.807, 2.05) is 0 Å². The molecule has 0 aromatic rings. The van der Waals surface area contributed by atoms with E-state index in [0.29, 0.717) is 5.41 Å². The molecule has 0 spiro atoms. The van der Waals surface area contributed by atoms with Crippen molar-refractivity contribution in [3.05, 3.63) is 0 Å². The van der Waals surface area contributed by atoms with Crippen LogP contribution in [0.4, 0.5) is 0 Å². The van der Waals surface area contributed by atoms with Crippen LogP contribution >= 0.6 is 0 Å². The maximum absolute atomic E-state index is 7.83. The van der Waals surface area contributed by atoms with E-state index in [1.54, 1.807) is 0 Å². The van der Waals surface area contributed by atoms with Gasteiger partial charge in [0.15, 0.2) is 0 Å². The SMILES string of the molecule is CCC(C)(C)CN1CCCCC1=N. The lowest BCUT2D eigenvalue weighted by atomic mass is 9.89. The summed E-state index contributed by atoms with van der Waals surface area (Å²) in [4.78, 5) is 2.26. The highest BCUT2D eigenvalue weighted by molar-refractivity contribution is 5.79. The van der Waals surface area contributed by atoms with Gasteiger partial charge in [-0.25, -0.2) is 0 Å². The third-order valence-electron chi connectivity index (χ3n) is 3.05. The van der Waals surface area contributed by atoms with Crippen molar-refractivity contribution in [3.8, 4) is 0 Å². The Labute approximate surface area is 81.8 Å². The summed E-state index contributed by atoms with van der Waals surface area (Å²) in [6.45, 7) is 8.96. The Morgan fingerprint density at radius 2 is 2.08 bits per heavy atom. The second-order valence-corrected chi connectivity index (χ2v) is 4.84. The van der Waals surface area contributed by atoms with Gasteiger partial charge in [0.05, 0.1) is 5.84 Å². The molecule has 0 aliphatic carbocycles. The smallest absolute Gasteiger partial charge is 0.0957 e. The predicted molar refractivity (Wildman–Crippen MR) is 57.2 cm³/mol. The Kier molecular flexibility index (Phi) is 3.34. The Bertz CT molecular complexity index is 185. The van der Waals surface area contributed by atoms with Gasteiger partial charge < -0.3 is 4.90 Å². The van der Waals surface area contributed by atoms with Gasteiger partial charge in [0.25, 0.3) is 0 Å². The topological polar surface area (TPSA) is 27.1 Å². The largest absolute Gasteiger partial charge is 0.360 e. The lowest BCUT2D eigenvalue weighted by molar-refractivity contribution is 0.229. The Morgan fingerprint density at radius 1 is 1.38 bits per heavy atom. The number of hydrogen-bond donors (Lipinski definition) is 1. The highest BCUT2D eigenvalue weighted by atomic mass is 15.2. The fraction of sp³-hybridized carbons (Fsp3) is 0.909. The van der Waals surface area contributed by atoms with E-state index in [1.165, 1.54) is 19.3 Å². The van der Waals surface area contributed by atoms with Crippen molar-refractivity contribution in [2.75, 3.05) is 13.1 Å². The second kappa shape index (κ2) is 4.12. The Balaban J connectivity index is 2.47. The average Bonchev–Trinajstić information content (AvgIpc) is 2.09. The van der Waals surface area contributed by atoms with Crippen molar-refractivity contribution in [3.63, 3.8) is 0 Å². The van der Waals surface area contributed by atoms with Gasteiger partial charge >= 0.3 is 0 Å². The van der Waals surface area contributed by atoms with Gasteiger partial charge in [-0.3, -0.25) is 5.41 Å². The van der Waals surface area contributed by atoms with Gasteiger partial charge in [-0.2, -0.15) is 0 Å². The van der Waals surface area contributed by atoms with Crippen molar-refractivity contribution < 1.29 is 0 Å². The van der Waals surface area contributed by atoms with Crippen molar-refractivity contribution >= 4 is 5.84 Å². The summed E-state index contributed by atoms with van der Waals surface area (Å²) in [6.07, 6.45) is 4.65. The molecule has 1 aliphatic rings. The van der Waals surface area contributed by atoms with E-state index in [9.17, 15) is 0 Å². The minimum atomic E-state index is 0.365. The molecule has 0 unspecified atom stereocenters. The molecule has 1 aliphatic heterocycles. The van der Waals surface area contributed by atoms with Crippen LogP contribution in [0.3, 0.4) is 0 Å². The van der Waals surface area contributed by atoms with E-state index < -0.39 is 0 Å². The van der Waals surface area contributed by atoms with Gasteiger partial charge in [-0.15, -0.1) is 0 Å². The zero-order valence-electron chi connectivity index (χ0n) is 9.19. The summed E-state index contributed by atoms with van der Waals surface area (Å²) in [7, 11) is 0. The third kappa shape index (κ3) is 3.02. The highest BCUT2D eigenvalue weighted by Crippen LogP contribution is 2.23. The molecule has 0 aromatic heterocycles. The van der Waals surface area contributed by atoms with Crippen LogP contribution in [0.1, 0.15) is 46.5 Å². The van der Waals surface area contributed by atoms with Crippen LogP contribution in [0, 0.1) is 10.8 Å². The molecule has 1 fully saturated rings. The van der Waals surface area contributed by atoms with E-state index >= 15 is 0 Å². The first-order valence-electron chi connectivity index (χ1n) is 5.37. The van der Waals surface area contributed by atoms with Crippen LogP contribution in [-0.4, -0.2) is 23.8 Å². The van der Waals surface area contributed by atoms with E-state index in [4.69, 9.17) is 5.41 Å². The zero-order valence-corrected chi connectivity index (χ0v) is 9.19. The van der Waals surface area contributed by atoms with Crippen molar-refractivity contribution in [1.29, 1.82) is 5.41 Å². The number of hydrogen-bond acceptors (Lipinski definition) is 1. The van der Waals surface area contributed by atoms with E-state index in [0.717, 1.165) is 25.3 Å². The Hall–Kier alpha value is -0.530. The molecule has 1 saturated heterocycles. The van der Waals surface area contributed by atoms with Crippen molar-refractivity contribution in [2.45, 2.75) is 46.5 Å². The van der Waals surface area contributed by atoms with E-state index in [-0.39, 0.29) is 0 Å². The van der Waals surface area contributed by atoms with Gasteiger partial charge in [-0.1, -0.05) is 20.8 Å². The summed E-state index contributed by atoms with van der Waals surface area (Å²) >= 11 is 0. The van der Waals surface area contributed by atoms with Gasteiger partial charge in [-0.05, 0) is 24.7 Å². The molecular weight excluding hydrogens is 160 g/mol. The standard InChI is InChI=1S/C11H22N2/c1-4-11(2,3)9-13-8-6-5-7-10(13)12/h12H,4-9H2,1-3H3. The molecule has 1 rings (SSSR count). The fourth-order valence-corrected chi connectivity index (χ4v) is 1.69. The normalized spacial score (nSPS) is 19.3. The van der Waals surface area contributed by atoms with Crippen LogP contribution in [-0.2, 0) is 0 Å². The lowest BCUT2D eigenvalue weighted by Gasteiger charge is -2.36. The zero-order chi connectivity index (χ0) is 9.90. The number of likely N-dealkylation sites (tertiary alicyclic amines) is 1. The molecule has 0 atom stereocenters. The number of piperidine rings is 1. The van der Waals surface area contributed by atoms with Crippen LogP contribution in [0.5, 0.6) is 0 Å². The molecule has 0 saturated carbocycles. The van der Waals surface area contributed by atoms with Crippen LogP contribution in [0.25, 0.3) is 0 Å². The fourth-order valence-electron chi connectivity index (χ4n) is 1.69. The van der Waals surface area contributed by atoms with Crippen molar-refractivity contribution in [1.82, 2.24) is 4.90 Å².